The number of hydrogen-bond acceptors (Lipinski definition) is 5. The van der Waals surface area contributed by atoms with Crippen LogP contribution < -0.4 is 14.4 Å². The zero-order valence-corrected chi connectivity index (χ0v) is 23.2. The molecule has 36 heavy (non-hydrogen) atoms. The first-order valence-electron chi connectivity index (χ1n) is 12.2. The van der Waals surface area contributed by atoms with Gasteiger partial charge in [-0.05, 0) is 62.4 Å². The number of nitrogens with zero attached hydrogens (tertiary/aromatic N) is 2. The summed E-state index contributed by atoms with van der Waals surface area (Å²) in [6, 6.07) is 11.9. The molecule has 2 rings (SSSR count). The third-order valence-electron chi connectivity index (χ3n) is 6.27. The molecule has 198 valence electrons. The van der Waals surface area contributed by atoms with Crippen molar-refractivity contribution in [2.75, 3.05) is 24.2 Å². The van der Waals surface area contributed by atoms with Crippen LogP contribution in [0.25, 0.3) is 0 Å². The maximum Gasteiger partial charge on any atom is 0.244 e. The molecule has 0 fully saturated rings. The molecule has 0 unspecified atom stereocenters. The third kappa shape index (κ3) is 7.46. The van der Waals surface area contributed by atoms with E-state index in [4.69, 9.17) is 4.74 Å². The largest absolute Gasteiger partial charge is 0.497 e. The molecule has 0 heterocycles. The monoisotopic (exact) mass is 517 g/mol. The fourth-order valence-electron chi connectivity index (χ4n) is 4.06. The van der Waals surface area contributed by atoms with Crippen molar-refractivity contribution < 1.29 is 22.7 Å². The summed E-state index contributed by atoms with van der Waals surface area (Å²) in [5, 5.41) is 2.97. The molecule has 0 radical (unpaired) electrons. The lowest BCUT2D eigenvalue weighted by Crippen LogP contribution is -2.53. The summed E-state index contributed by atoms with van der Waals surface area (Å²) in [7, 11) is -2.21. The number of hydrogen-bond donors (Lipinski definition) is 1. The average molecular weight is 518 g/mol. The van der Waals surface area contributed by atoms with E-state index in [1.807, 2.05) is 65.0 Å². The Morgan fingerprint density at radius 2 is 1.58 bits per heavy atom. The SMILES string of the molecule is CC[C@H](C(=O)N[C@@H](C)CC)N(Cc1ccc(OC)cc1)C(=O)CN(c1c(C)cccc1C)S(C)(=O)=O. The van der Waals surface area contributed by atoms with E-state index in [2.05, 4.69) is 5.32 Å². The Balaban J connectivity index is 2.49. The van der Waals surface area contributed by atoms with Gasteiger partial charge in [-0.25, -0.2) is 8.42 Å². The summed E-state index contributed by atoms with van der Waals surface area (Å²) in [5.74, 6) is -0.0341. The van der Waals surface area contributed by atoms with Crippen LogP contribution in [0.1, 0.15) is 50.3 Å². The quantitative estimate of drug-likeness (QED) is 0.462. The number of para-hydroxylation sites is 1. The molecule has 8 nitrogen and oxygen atoms in total. The highest BCUT2D eigenvalue weighted by atomic mass is 32.2. The number of amides is 2. The van der Waals surface area contributed by atoms with Gasteiger partial charge in [-0.1, -0.05) is 44.2 Å². The van der Waals surface area contributed by atoms with Gasteiger partial charge >= 0.3 is 0 Å². The van der Waals surface area contributed by atoms with E-state index in [0.717, 1.165) is 33.7 Å². The highest BCUT2D eigenvalue weighted by Gasteiger charge is 2.32. The highest BCUT2D eigenvalue weighted by Crippen LogP contribution is 2.27. The summed E-state index contributed by atoms with van der Waals surface area (Å²) in [6.07, 6.45) is 2.22. The van der Waals surface area contributed by atoms with Crippen LogP contribution in [0.5, 0.6) is 5.75 Å². The predicted molar refractivity (Wildman–Crippen MR) is 144 cm³/mol. The number of aryl methyl sites for hydroxylation is 2. The first-order chi connectivity index (χ1) is 16.9. The van der Waals surface area contributed by atoms with Gasteiger partial charge in [-0.3, -0.25) is 13.9 Å². The lowest BCUT2D eigenvalue weighted by Gasteiger charge is -2.34. The normalized spacial score (nSPS) is 13.0. The van der Waals surface area contributed by atoms with E-state index < -0.39 is 28.5 Å². The molecule has 2 aromatic carbocycles. The van der Waals surface area contributed by atoms with Crippen LogP contribution in [0.3, 0.4) is 0 Å². The van der Waals surface area contributed by atoms with Gasteiger partial charge < -0.3 is 15.0 Å². The number of anilines is 1. The summed E-state index contributed by atoms with van der Waals surface area (Å²) >= 11 is 0. The number of benzene rings is 2. The van der Waals surface area contributed by atoms with Crippen molar-refractivity contribution in [2.24, 2.45) is 0 Å². The minimum absolute atomic E-state index is 0.0494. The Hall–Kier alpha value is -3.07. The molecule has 2 amide bonds. The van der Waals surface area contributed by atoms with Crippen molar-refractivity contribution in [3.63, 3.8) is 0 Å². The first kappa shape index (κ1) is 29.2. The molecular formula is C27H39N3O5S. The lowest BCUT2D eigenvalue weighted by atomic mass is 10.1. The number of carbonyl (C=O) groups excluding carboxylic acids is 2. The zero-order valence-electron chi connectivity index (χ0n) is 22.4. The fraction of sp³-hybridized carbons (Fsp3) is 0.481. The van der Waals surface area contributed by atoms with E-state index in [1.165, 1.54) is 4.90 Å². The molecule has 0 aliphatic heterocycles. The second kappa shape index (κ2) is 12.8. The highest BCUT2D eigenvalue weighted by molar-refractivity contribution is 7.92. The van der Waals surface area contributed by atoms with Crippen LogP contribution in [0.4, 0.5) is 5.69 Å². The Morgan fingerprint density at radius 1 is 1.00 bits per heavy atom. The van der Waals surface area contributed by atoms with Gasteiger partial charge in [0.2, 0.25) is 21.8 Å². The van der Waals surface area contributed by atoms with Crippen molar-refractivity contribution >= 4 is 27.5 Å². The molecule has 0 aliphatic carbocycles. The lowest BCUT2D eigenvalue weighted by molar-refractivity contribution is -0.140. The van der Waals surface area contributed by atoms with E-state index in [9.17, 15) is 18.0 Å². The van der Waals surface area contributed by atoms with Crippen LogP contribution in [0, 0.1) is 13.8 Å². The van der Waals surface area contributed by atoms with Crippen LogP contribution in [0.2, 0.25) is 0 Å². The zero-order chi connectivity index (χ0) is 27.0. The molecule has 0 spiro atoms. The Bertz CT molecular complexity index is 1130. The van der Waals surface area contributed by atoms with Gasteiger partial charge in [0.25, 0.3) is 0 Å². The van der Waals surface area contributed by atoms with Gasteiger partial charge in [0.15, 0.2) is 0 Å². The standard InChI is InChI=1S/C27H39N3O5S/c1-8-21(5)28-27(32)24(9-2)29(17-22-13-15-23(35-6)16-14-22)25(31)18-30(36(7,33)34)26-19(3)11-10-12-20(26)4/h10-16,21,24H,8-9,17-18H2,1-7H3,(H,28,32)/t21-,24+/m0/s1. The van der Waals surface area contributed by atoms with E-state index >= 15 is 0 Å². The number of rotatable bonds is 12. The number of nitrogens with one attached hydrogen (secondary N) is 1. The second-order valence-corrected chi connectivity index (χ2v) is 11.0. The molecule has 0 aromatic heterocycles. The molecule has 0 aliphatic rings. The third-order valence-corrected chi connectivity index (χ3v) is 7.38. The fourth-order valence-corrected chi connectivity index (χ4v) is 5.03. The summed E-state index contributed by atoms with van der Waals surface area (Å²) < 4.78 is 32.1. The van der Waals surface area contributed by atoms with Crippen LogP contribution in [0.15, 0.2) is 42.5 Å². The van der Waals surface area contributed by atoms with Crippen LogP contribution in [-0.2, 0) is 26.2 Å². The average Bonchev–Trinajstić information content (AvgIpc) is 2.82. The van der Waals surface area contributed by atoms with Crippen molar-refractivity contribution in [3.8, 4) is 5.75 Å². The Kier molecular flexibility index (Phi) is 10.3. The number of methoxy groups -OCH3 is 1. The minimum Gasteiger partial charge on any atom is -0.497 e. The van der Waals surface area contributed by atoms with Gasteiger partial charge in [-0.2, -0.15) is 0 Å². The molecule has 0 saturated carbocycles. The van der Waals surface area contributed by atoms with Crippen molar-refractivity contribution in [3.05, 3.63) is 59.2 Å². The maximum absolute atomic E-state index is 13.8. The topological polar surface area (TPSA) is 96.0 Å². The minimum atomic E-state index is -3.78. The summed E-state index contributed by atoms with van der Waals surface area (Å²) in [6.45, 7) is 9.10. The smallest absolute Gasteiger partial charge is 0.244 e. The number of carbonyl (C=O) groups is 2. The maximum atomic E-state index is 13.8. The Morgan fingerprint density at radius 3 is 2.06 bits per heavy atom. The molecule has 2 atom stereocenters. The summed E-state index contributed by atoms with van der Waals surface area (Å²) in [5.41, 5.74) is 2.78. The first-order valence-corrected chi connectivity index (χ1v) is 14.0. The number of sulfonamides is 1. The molecule has 9 heteroatoms. The number of ether oxygens (including phenoxy) is 1. The van der Waals surface area contributed by atoms with Gasteiger partial charge in [0.05, 0.1) is 19.1 Å². The van der Waals surface area contributed by atoms with E-state index in [-0.39, 0.29) is 18.5 Å². The van der Waals surface area contributed by atoms with Crippen molar-refractivity contribution in [2.45, 2.75) is 66.1 Å². The van der Waals surface area contributed by atoms with E-state index in [1.54, 1.807) is 19.2 Å². The van der Waals surface area contributed by atoms with Gasteiger partial charge in [-0.15, -0.1) is 0 Å². The van der Waals surface area contributed by atoms with Crippen LogP contribution in [-0.4, -0.2) is 57.1 Å². The van der Waals surface area contributed by atoms with Gasteiger partial charge in [0, 0.05) is 12.6 Å². The Labute approximate surface area is 215 Å². The molecule has 0 bridgehead atoms. The molecule has 1 N–H and O–H groups in total. The molecule has 0 saturated heterocycles. The summed E-state index contributed by atoms with van der Waals surface area (Å²) in [4.78, 5) is 28.5. The predicted octanol–water partition coefficient (Wildman–Crippen LogP) is 3.80. The van der Waals surface area contributed by atoms with Crippen molar-refractivity contribution in [1.82, 2.24) is 10.2 Å². The van der Waals surface area contributed by atoms with Crippen molar-refractivity contribution in [1.29, 1.82) is 0 Å². The molecule has 2 aromatic rings. The second-order valence-electron chi connectivity index (χ2n) is 9.12. The van der Waals surface area contributed by atoms with E-state index in [0.29, 0.717) is 17.9 Å². The van der Waals surface area contributed by atoms with Crippen LogP contribution >= 0.6 is 0 Å². The molecular weight excluding hydrogens is 478 g/mol. The van der Waals surface area contributed by atoms with Gasteiger partial charge in [0.1, 0.15) is 18.3 Å².